The van der Waals surface area contributed by atoms with E-state index in [0.717, 1.165) is 19.4 Å². The highest BCUT2D eigenvalue weighted by Gasteiger charge is 2.30. The largest absolute Gasteiger partial charge is 0.395 e. The summed E-state index contributed by atoms with van der Waals surface area (Å²) < 4.78 is 0. The van der Waals surface area contributed by atoms with Crippen LogP contribution in [0.4, 0.5) is 0 Å². The summed E-state index contributed by atoms with van der Waals surface area (Å²) in [5.41, 5.74) is 5.47. The molecule has 4 nitrogen and oxygen atoms in total. The lowest BCUT2D eigenvalue weighted by Gasteiger charge is -2.38. The number of nitrogens with zero attached hydrogens (tertiary/aromatic N) is 1. The molecule has 0 spiro atoms. The summed E-state index contributed by atoms with van der Waals surface area (Å²) in [6, 6.07) is 0. The lowest BCUT2D eigenvalue weighted by molar-refractivity contribution is 0.0820. The zero-order valence-corrected chi connectivity index (χ0v) is 7.37. The van der Waals surface area contributed by atoms with Gasteiger partial charge in [-0.25, -0.2) is 0 Å². The third kappa shape index (κ3) is 2.42. The maximum atomic E-state index is 9.02. The van der Waals surface area contributed by atoms with Crippen molar-refractivity contribution in [2.75, 3.05) is 32.8 Å². The molecule has 1 aliphatic rings. The summed E-state index contributed by atoms with van der Waals surface area (Å²) in [4.78, 5) is 2.10. The second-order valence-electron chi connectivity index (χ2n) is 3.62. The second kappa shape index (κ2) is 4.18. The summed E-state index contributed by atoms with van der Waals surface area (Å²) in [7, 11) is 0. The molecule has 0 aromatic carbocycles. The van der Waals surface area contributed by atoms with Gasteiger partial charge in [-0.05, 0) is 19.4 Å². The summed E-state index contributed by atoms with van der Waals surface area (Å²) in [6.07, 6.45) is 1.89. The minimum Gasteiger partial charge on any atom is -0.395 e. The highest BCUT2D eigenvalue weighted by atomic mass is 16.3. The number of likely N-dealkylation sites (tertiary alicyclic amines) is 1. The zero-order chi connectivity index (χ0) is 9.03. The van der Waals surface area contributed by atoms with Crippen LogP contribution in [0.2, 0.25) is 0 Å². The molecule has 1 saturated heterocycles. The SMILES string of the molecule is NC1(CO)CCCN(CCO)C1. The Labute approximate surface area is 73.0 Å². The van der Waals surface area contributed by atoms with Crippen molar-refractivity contribution in [3.8, 4) is 0 Å². The summed E-state index contributed by atoms with van der Waals surface area (Å²) in [5, 5.41) is 17.7. The molecular weight excluding hydrogens is 156 g/mol. The van der Waals surface area contributed by atoms with Crippen LogP contribution in [0.5, 0.6) is 0 Å². The van der Waals surface area contributed by atoms with E-state index in [4.69, 9.17) is 15.9 Å². The quantitative estimate of drug-likeness (QED) is 0.501. The minimum absolute atomic E-state index is 0.0366. The van der Waals surface area contributed by atoms with E-state index in [1.807, 2.05) is 0 Å². The van der Waals surface area contributed by atoms with Crippen LogP contribution in [0, 0.1) is 0 Å². The lowest BCUT2D eigenvalue weighted by Crippen LogP contribution is -2.57. The van der Waals surface area contributed by atoms with Crippen molar-refractivity contribution in [1.29, 1.82) is 0 Å². The van der Waals surface area contributed by atoms with Gasteiger partial charge in [0.15, 0.2) is 0 Å². The molecule has 1 rings (SSSR count). The standard InChI is InChI=1S/C8H18N2O2/c9-8(7-12)2-1-3-10(6-8)4-5-11/h11-12H,1-7,9H2. The van der Waals surface area contributed by atoms with Crippen LogP contribution >= 0.6 is 0 Å². The molecule has 0 saturated carbocycles. The predicted molar refractivity (Wildman–Crippen MR) is 46.8 cm³/mol. The Morgan fingerprint density at radius 1 is 1.42 bits per heavy atom. The fourth-order valence-corrected chi connectivity index (χ4v) is 1.72. The van der Waals surface area contributed by atoms with Gasteiger partial charge in [0.2, 0.25) is 0 Å². The monoisotopic (exact) mass is 174 g/mol. The number of aliphatic hydroxyl groups is 2. The van der Waals surface area contributed by atoms with E-state index in [1.54, 1.807) is 0 Å². The van der Waals surface area contributed by atoms with Crippen molar-refractivity contribution in [3.63, 3.8) is 0 Å². The fourth-order valence-electron chi connectivity index (χ4n) is 1.72. The number of hydrogen-bond donors (Lipinski definition) is 3. The molecular formula is C8H18N2O2. The summed E-state index contributed by atoms with van der Waals surface area (Å²) >= 11 is 0. The third-order valence-corrected chi connectivity index (χ3v) is 2.42. The first kappa shape index (κ1) is 9.92. The summed E-state index contributed by atoms with van der Waals surface area (Å²) in [5.74, 6) is 0. The Kier molecular flexibility index (Phi) is 3.46. The van der Waals surface area contributed by atoms with E-state index in [-0.39, 0.29) is 13.2 Å². The number of β-amino-alcohol motifs (C(OH)–C–C–N with tert-alkyl or cyclic N) is 1. The zero-order valence-electron chi connectivity index (χ0n) is 7.37. The highest BCUT2D eigenvalue weighted by Crippen LogP contribution is 2.17. The molecule has 1 heterocycles. The van der Waals surface area contributed by atoms with Crippen LogP contribution in [0.3, 0.4) is 0 Å². The van der Waals surface area contributed by atoms with Crippen LogP contribution in [0.1, 0.15) is 12.8 Å². The van der Waals surface area contributed by atoms with Crippen molar-refractivity contribution in [3.05, 3.63) is 0 Å². The molecule has 1 atom stereocenters. The predicted octanol–water partition coefficient (Wildman–Crippen LogP) is -1.24. The van der Waals surface area contributed by atoms with Gasteiger partial charge in [-0.2, -0.15) is 0 Å². The Balaban J connectivity index is 2.39. The van der Waals surface area contributed by atoms with Gasteiger partial charge in [-0.1, -0.05) is 0 Å². The maximum absolute atomic E-state index is 9.02. The van der Waals surface area contributed by atoms with E-state index in [9.17, 15) is 0 Å². The number of aliphatic hydroxyl groups excluding tert-OH is 2. The molecule has 0 amide bonds. The van der Waals surface area contributed by atoms with Crippen LogP contribution in [0.15, 0.2) is 0 Å². The average Bonchev–Trinajstić information content (AvgIpc) is 2.05. The number of rotatable bonds is 3. The Hall–Kier alpha value is -0.160. The Morgan fingerprint density at radius 3 is 2.75 bits per heavy atom. The number of piperidine rings is 1. The topological polar surface area (TPSA) is 69.7 Å². The normalized spacial score (nSPS) is 32.2. The van der Waals surface area contributed by atoms with Gasteiger partial charge in [0.1, 0.15) is 0 Å². The van der Waals surface area contributed by atoms with E-state index in [2.05, 4.69) is 4.90 Å². The Morgan fingerprint density at radius 2 is 2.17 bits per heavy atom. The molecule has 0 bridgehead atoms. The van der Waals surface area contributed by atoms with Crippen LogP contribution < -0.4 is 5.73 Å². The van der Waals surface area contributed by atoms with E-state index < -0.39 is 5.54 Å². The van der Waals surface area contributed by atoms with Gasteiger partial charge < -0.3 is 15.9 Å². The van der Waals surface area contributed by atoms with Gasteiger partial charge in [-0.3, -0.25) is 4.90 Å². The van der Waals surface area contributed by atoms with Crippen molar-refractivity contribution in [1.82, 2.24) is 4.90 Å². The molecule has 0 radical (unpaired) electrons. The van der Waals surface area contributed by atoms with Gasteiger partial charge in [0.25, 0.3) is 0 Å². The first-order valence-corrected chi connectivity index (χ1v) is 4.43. The Bertz CT molecular complexity index is 141. The number of hydrogen-bond acceptors (Lipinski definition) is 4. The molecule has 12 heavy (non-hydrogen) atoms. The molecule has 1 unspecified atom stereocenters. The van der Waals surface area contributed by atoms with Crippen molar-refractivity contribution >= 4 is 0 Å². The molecule has 4 N–H and O–H groups in total. The van der Waals surface area contributed by atoms with Crippen LogP contribution in [-0.4, -0.2) is 53.5 Å². The van der Waals surface area contributed by atoms with Crippen LogP contribution in [0.25, 0.3) is 0 Å². The molecule has 1 fully saturated rings. The molecule has 1 aliphatic heterocycles. The van der Waals surface area contributed by atoms with Gasteiger partial charge in [-0.15, -0.1) is 0 Å². The van der Waals surface area contributed by atoms with Gasteiger partial charge in [0, 0.05) is 13.1 Å². The van der Waals surface area contributed by atoms with Crippen molar-refractivity contribution in [2.45, 2.75) is 18.4 Å². The summed E-state index contributed by atoms with van der Waals surface area (Å²) in [6.45, 7) is 2.55. The first-order valence-electron chi connectivity index (χ1n) is 4.43. The second-order valence-corrected chi connectivity index (χ2v) is 3.62. The smallest absolute Gasteiger partial charge is 0.0623 e. The van der Waals surface area contributed by atoms with Crippen molar-refractivity contribution in [2.24, 2.45) is 5.73 Å². The van der Waals surface area contributed by atoms with Gasteiger partial charge >= 0.3 is 0 Å². The molecule has 0 aliphatic carbocycles. The van der Waals surface area contributed by atoms with Gasteiger partial charge in [0.05, 0.1) is 18.8 Å². The molecule has 4 heteroatoms. The minimum atomic E-state index is -0.437. The maximum Gasteiger partial charge on any atom is 0.0623 e. The first-order chi connectivity index (χ1) is 5.70. The third-order valence-electron chi connectivity index (χ3n) is 2.42. The molecule has 0 aromatic heterocycles. The highest BCUT2D eigenvalue weighted by molar-refractivity contribution is 4.90. The van der Waals surface area contributed by atoms with E-state index >= 15 is 0 Å². The van der Waals surface area contributed by atoms with Crippen molar-refractivity contribution < 1.29 is 10.2 Å². The lowest BCUT2D eigenvalue weighted by atomic mass is 9.91. The van der Waals surface area contributed by atoms with E-state index in [0.29, 0.717) is 13.1 Å². The number of nitrogens with two attached hydrogens (primary N) is 1. The molecule has 72 valence electrons. The average molecular weight is 174 g/mol. The fraction of sp³-hybridized carbons (Fsp3) is 1.00. The van der Waals surface area contributed by atoms with Crippen LogP contribution in [-0.2, 0) is 0 Å². The molecule has 0 aromatic rings. The van der Waals surface area contributed by atoms with E-state index in [1.165, 1.54) is 0 Å².